The second-order valence-electron chi connectivity index (χ2n) is 8.12. The molecule has 2 heterocycles. The zero-order valence-corrected chi connectivity index (χ0v) is 20.9. The number of rotatable bonds is 11. The molecule has 0 bridgehead atoms. The monoisotopic (exact) mass is 491 g/mol. The average molecular weight is 492 g/mol. The van der Waals surface area contributed by atoms with Gasteiger partial charge in [0.2, 0.25) is 5.16 Å². The van der Waals surface area contributed by atoms with Crippen molar-refractivity contribution in [1.29, 1.82) is 0 Å². The summed E-state index contributed by atoms with van der Waals surface area (Å²) in [6.07, 6.45) is 0.913. The van der Waals surface area contributed by atoms with Gasteiger partial charge < -0.3 is 19.9 Å². The molecule has 0 amide bonds. The molecule has 0 unspecified atom stereocenters. The standard InChI is InChI=1S/C26H29N5O3S/c1-18-14-23(19(2)30(18)13-12-20-8-5-4-6-9-20)24(32)17-35-26-29-28-25(31(26)27)16-34-22-11-7-10-21(15-22)33-3/h4-11,14-15H,12-13,16-17,27H2,1-3H3. The number of ether oxygens (including phenoxy) is 2. The molecule has 182 valence electrons. The van der Waals surface area contributed by atoms with E-state index in [2.05, 4.69) is 26.9 Å². The summed E-state index contributed by atoms with van der Waals surface area (Å²) in [7, 11) is 1.60. The number of nitrogens with zero attached hydrogens (tertiary/aromatic N) is 4. The Balaban J connectivity index is 1.35. The highest BCUT2D eigenvalue weighted by Crippen LogP contribution is 2.23. The molecule has 2 N–H and O–H groups in total. The average Bonchev–Trinajstić information content (AvgIpc) is 3.38. The SMILES string of the molecule is COc1cccc(OCc2nnc(SCC(=O)c3cc(C)n(CCc4ccccc4)c3C)n2N)c1. The number of ketones is 1. The molecule has 0 fully saturated rings. The predicted octanol–water partition coefficient (Wildman–Crippen LogP) is 4.22. The van der Waals surface area contributed by atoms with Crippen LogP contribution in [0.3, 0.4) is 0 Å². The molecule has 0 saturated heterocycles. The fourth-order valence-corrected chi connectivity index (χ4v) is 4.62. The van der Waals surface area contributed by atoms with E-state index in [1.807, 2.05) is 56.3 Å². The van der Waals surface area contributed by atoms with Crippen molar-refractivity contribution in [3.05, 3.63) is 89.0 Å². The van der Waals surface area contributed by atoms with Gasteiger partial charge in [-0.3, -0.25) is 4.79 Å². The summed E-state index contributed by atoms with van der Waals surface area (Å²) < 4.78 is 14.5. The van der Waals surface area contributed by atoms with E-state index in [0.29, 0.717) is 22.5 Å². The first-order valence-electron chi connectivity index (χ1n) is 11.3. The highest BCUT2D eigenvalue weighted by atomic mass is 32.2. The first-order valence-corrected chi connectivity index (χ1v) is 12.3. The van der Waals surface area contributed by atoms with Crippen LogP contribution >= 0.6 is 11.8 Å². The summed E-state index contributed by atoms with van der Waals surface area (Å²) in [6, 6.07) is 19.6. The van der Waals surface area contributed by atoms with Gasteiger partial charge in [-0.05, 0) is 44.0 Å². The fourth-order valence-electron chi connectivity index (χ4n) is 3.86. The van der Waals surface area contributed by atoms with E-state index >= 15 is 0 Å². The van der Waals surface area contributed by atoms with Crippen LogP contribution in [-0.4, -0.2) is 38.1 Å². The van der Waals surface area contributed by atoms with Crippen LogP contribution in [0.5, 0.6) is 11.5 Å². The third kappa shape index (κ3) is 5.86. The predicted molar refractivity (Wildman–Crippen MR) is 137 cm³/mol. The second kappa shape index (κ2) is 11.1. The second-order valence-corrected chi connectivity index (χ2v) is 9.06. The molecule has 0 aliphatic carbocycles. The Kier molecular flexibility index (Phi) is 7.77. The van der Waals surface area contributed by atoms with Crippen molar-refractivity contribution in [3.8, 4) is 11.5 Å². The first-order chi connectivity index (χ1) is 17.0. The van der Waals surface area contributed by atoms with Crippen LogP contribution in [0.25, 0.3) is 0 Å². The summed E-state index contributed by atoms with van der Waals surface area (Å²) in [5.41, 5.74) is 4.06. The first kappa shape index (κ1) is 24.4. The maximum atomic E-state index is 13.0. The number of nitrogens with two attached hydrogens (primary N) is 1. The van der Waals surface area contributed by atoms with Gasteiger partial charge in [-0.1, -0.05) is 48.2 Å². The van der Waals surface area contributed by atoms with Crippen molar-refractivity contribution in [2.45, 2.75) is 38.6 Å². The van der Waals surface area contributed by atoms with Crippen molar-refractivity contribution < 1.29 is 14.3 Å². The molecule has 0 aliphatic heterocycles. The van der Waals surface area contributed by atoms with E-state index in [4.69, 9.17) is 15.3 Å². The number of Topliss-reactive ketones (excluding diaryl/α,β-unsaturated/α-hetero) is 1. The molecular formula is C26H29N5O3S. The minimum absolute atomic E-state index is 0.0336. The number of hydrogen-bond donors (Lipinski definition) is 1. The van der Waals surface area contributed by atoms with Crippen LogP contribution in [0.4, 0.5) is 0 Å². The van der Waals surface area contributed by atoms with Crippen LogP contribution in [0.15, 0.2) is 65.8 Å². The molecule has 2 aromatic heterocycles. The van der Waals surface area contributed by atoms with Gasteiger partial charge in [0, 0.05) is 29.6 Å². The fraction of sp³-hybridized carbons (Fsp3) is 0.269. The molecule has 4 rings (SSSR count). The Morgan fingerprint density at radius 2 is 1.80 bits per heavy atom. The van der Waals surface area contributed by atoms with Crippen LogP contribution < -0.4 is 15.3 Å². The molecule has 9 heteroatoms. The van der Waals surface area contributed by atoms with Gasteiger partial charge in [-0.15, -0.1) is 10.2 Å². The largest absolute Gasteiger partial charge is 0.497 e. The lowest BCUT2D eigenvalue weighted by Crippen LogP contribution is -2.16. The van der Waals surface area contributed by atoms with Crippen molar-refractivity contribution >= 4 is 17.5 Å². The zero-order chi connectivity index (χ0) is 24.8. The Bertz CT molecular complexity index is 1300. The third-order valence-corrected chi connectivity index (χ3v) is 6.76. The summed E-state index contributed by atoms with van der Waals surface area (Å²) in [6.45, 7) is 5.01. The number of aryl methyl sites for hydroxylation is 2. The molecule has 4 aromatic rings. The van der Waals surface area contributed by atoms with E-state index in [9.17, 15) is 4.79 Å². The lowest BCUT2D eigenvalue weighted by atomic mass is 10.1. The third-order valence-electron chi connectivity index (χ3n) is 5.82. The van der Waals surface area contributed by atoms with Crippen LogP contribution in [-0.2, 0) is 19.6 Å². The number of methoxy groups -OCH3 is 1. The number of benzene rings is 2. The van der Waals surface area contributed by atoms with Crippen LogP contribution in [0.2, 0.25) is 0 Å². The van der Waals surface area contributed by atoms with Crippen molar-refractivity contribution in [2.75, 3.05) is 18.7 Å². The van der Waals surface area contributed by atoms with Crippen molar-refractivity contribution in [1.82, 2.24) is 19.4 Å². The smallest absolute Gasteiger partial charge is 0.210 e. The van der Waals surface area contributed by atoms with E-state index in [1.54, 1.807) is 13.2 Å². The van der Waals surface area contributed by atoms with E-state index in [0.717, 1.165) is 29.9 Å². The van der Waals surface area contributed by atoms with Gasteiger partial charge in [0.15, 0.2) is 11.6 Å². The molecule has 8 nitrogen and oxygen atoms in total. The van der Waals surface area contributed by atoms with E-state index < -0.39 is 0 Å². The van der Waals surface area contributed by atoms with E-state index in [1.165, 1.54) is 22.0 Å². The quantitative estimate of drug-likeness (QED) is 0.191. The molecule has 0 atom stereocenters. The Labute approximate surface area is 209 Å². The number of carbonyl (C=O) groups excluding carboxylic acids is 1. The number of thioether (sulfide) groups is 1. The lowest BCUT2D eigenvalue weighted by molar-refractivity contribution is 0.102. The molecule has 0 saturated carbocycles. The molecule has 35 heavy (non-hydrogen) atoms. The number of hydrogen-bond acceptors (Lipinski definition) is 7. The number of nitrogen functional groups attached to an aromatic ring is 1. The van der Waals surface area contributed by atoms with E-state index in [-0.39, 0.29) is 18.1 Å². The van der Waals surface area contributed by atoms with Crippen LogP contribution in [0, 0.1) is 13.8 Å². The minimum atomic E-state index is 0.0336. The Morgan fingerprint density at radius 1 is 1.03 bits per heavy atom. The van der Waals surface area contributed by atoms with Gasteiger partial charge in [0.25, 0.3) is 0 Å². The molecule has 0 spiro atoms. The van der Waals surface area contributed by atoms with Gasteiger partial charge in [0.05, 0.1) is 12.9 Å². The molecular weight excluding hydrogens is 462 g/mol. The maximum absolute atomic E-state index is 13.0. The van der Waals surface area contributed by atoms with Gasteiger partial charge in [-0.2, -0.15) is 0 Å². The Morgan fingerprint density at radius 3 is 2.57 bits per heavy atom. The minimum Gasteiger partial charge on any atom is -0.497 e. The summed E-state index contributed by atoms with van der Waals surface area (Å²) in [5, 5.41) is 8.69. The normalized spacial score (nSPS) is 10.9. The van der Waals surface area contributed by atoms with Gasteiger partial charge in [0.1, 0.15) is 18.1 Å². The summed E-state index contributed by atoms with van der Waals surface area (Å²) in [4.78, 5) is 13.0. The molecule has 0 aliphatic rings. The topological polar surface area (TPSA) is 97.2 Å². The van der Waals surface area contributed by atoms with Crippen molar-refractivity contribution in [3.63, 3.8) is 0 Å². The summed E-state index contributed by atoms with van der Waals surface area (Å²) >= 11 is 1.26. The zero-order valence-electron chi connectivity index (χ0n) is 20.1. The maximum Gasteiger partial charge on any atom is 0.210 e. The highest BCUT2D eigenvalue weighted by molar-refractivity contribution is 7.99. The van der Waals surface area contributed by atoms with Gasteiger partial charge in [-0.25, -0.2) is 4.68 Å². The van der Waals surface area contributed by atoms with Crippen LogP contribution in [0.1, 0.15) is 33.1 Å². The lowest BCUT2D eigenvalue weighted by Gasteiger charge is -2.10. The van der Waals surface area contributed by atoms with Crippen molar-refractivity contribution in [2.24, 2.45) is 0 Å². The molecule has 0 radical (unpaired) electrons. The Hall–Kier alpha value is -3.72. The number of carbonyl (C=O) groups is 1. The highest BCUT2D eigenvalue weighted by Gasteiger charge is 2.18. The summed E-state index contributed by atoms with van der Waals surface area (Å²) in [5.74, 6) is 8.20. The van der Waals surface area contributed by atoms with Gasteiger partial charge >= 0.3 is 0 Å². The molecule has 2 aromatic carbocycles. The number of aromatic nitrogens is 4.